The minimum Gasteiger partial charge on any atom is -0.381 e. The van der Waals surface area contributed by atoms with Gasteiger partial charge in [0.05, 0.1) is 12.4 Å². The fourth-order valence-corrected chi connectivity index (χ4v) is 5.80. The van der Waals surface area contributed by atoms with Crippen LogP contribution in [0.25, 0.3) is 0 Å². The molecule has 0 spiro atoms. The van der Waals surface area contributed by atoms with E-state index in [1.165, 1.54) is 32.2 Å². The number of nitrogens with zero attached hydrogens (tertiary/aromatic N) is 6. The van der Waals surface area contributed by atoms with E-state index in [0.717, 1.165) is 38.9 Å². The molecule has 54 heavy (non-hydrogen) atoms. The first-order valence-electron chi connectivity index (χ1n) is 18.9. The van der Waals surface area contributed by atoms with Crippen LogP contribution in [0.4, 0.5) is 0 Å². The van der Waals surface area contributed by atoms with Gasteiger partial charge in [-0.2, -0.15) is 6.42 Å². The first-order chi connectivity index (χ1) is 24.3. The Hall–Kier alpha value is -1.63. The van der Waals surface area contributed by atoms with E-state index in [4.69, 9.17) is 14.2 Å². The van der Waals surface area contributed by atoms with Crippen molar-refractivity contribution in [3.05, 3.63) is 31.2 Å². The summed E-state index contributed by atoms with van der Waals surface area (Å²) >= 11 is 0. The van der Waals surface area contributed by atoms with Gasteiger partial charge in [0.2, 0.25) is 5.78 Å². The van der Waals surface area contributed by atoms with Crippen molar-refractivity contribution in [2.45, 2.75) is 156 Å². The number of ether oxygens (including phenoxy) is 3. The number of carbonyl (C=O) groups is 1. The van der Waals surface area contributed by atoms with Gasteiger partial charge >= 0.3 is 18.9 Å². The van der Waals surface area contributed by atoms with Crippen LogP contribution in [0.3, 0.4) is 0 Å². The Morgan fingerprint density at radius 1 is 0.889 bits per heavy atom. The Morgan fingerprint density at radius 3 is 1.70 bits per heavy atom. The topological polar surface area (TPSA) is 126 Å². The minimum absolute atomic E-state index is 0. The number of aliphatic hydroxyl groups is 1. The molecule has 0 amide bonds. The molecule has 304 valence electrons. The summed E-state index contributed by atoms with van der Waals surface area (Å²) in [6.45, 7) is 40.0. The summed E-state index contributed by atoms with van der Waals surface area (Å²) in [7, 11) is -4.86. The van der Waals surface area contributed by atoms with Gasteiger partial charge in [-0.3, -0.25) is 4.79 Å². The molecule has 0 bridgehead atoms. The summed E-state index contributed by atoms with van der Waals surface area (Å²) in [4.78, 5) is 10.3. The zero-order valence-electron chi connectivity index (χ0n) is 37.2. The molecular formula is C38H75LiN6O5Si4. The maximum atomic E-state index is 10.4. The Balaban J connectivity index is -0.000000686. The molecule has 1 atom stereocenters. The molecule has 0 aliphatic carbocycles. The molecule has 1 unspecified atom stereocenters. The summed E-state index contributed by atoms with van der Waals surface area (Å²) in [5, 5.41) is 26.0. The van der Waals surface area contributed by atoms with Gasteiger partial charge in [-0.15, -0.1) is 21.3 Å². The Morgan fingerprint density at radius 2 is 1.37 bits per heavy atom. The molecule has 0 aromatic carbocycles. The maximum absolute atomic E-state index is 10.4. The predicted molar refractivity (Wildman–Crippen MR) is 231 cm³/mol. The standard InChI is InChI=1S/C15H29N3O2Si2.C8H17N3OSi.C7H12OSi.C4H8O.C4H9.Li/c1-15(19,8-10-21(2,3)4)14-12-18(17-16-14)13-20-9-11-22(5,6)7;1-13(2,3)7-6-12-8-11-5-4-9-10-11;1-7(8)5-6-9(2,3)4;1-2-4-5-3-1;1-3-4-2;/h12,19H,9,11,13H2,1-7H3;4-5H,6-8H2,1-3H3;1-4H3;1-4H2;1,3-4H2,2H3;/q;;;;-1;+1. The van der Waals surface area contributed by atoms with E-state index in [2.05, 4.69) is 136 Å². The zero-order valence-corrected chi connectivity index (χ0v) is 41.2. The van der Waals surface area contributed by atoms with Crippen LogP contribution in [0.5, 0.6) is 0 Å². The van der Waals surface area contributed by atoms with Gasteiger partial charge in [-0.1, -0.05) is 108 Å². The van der Waals surface area contributed by atoms with Crippen molar-refractivity contribution < 1.29 is 43.0 Å². The molecule has 16 heteroatoms. The molecule has 3 rings (SSSR count). The van der Waals surface area contributed by atoms with Gasteiger partial charge in [-0.25, -0.2) is 9.36 Å². The minimum atomic E-state index is -1.53. The largest absolute Gasteiger partial charge is 1.00 e. The van der Waals surface area contributed by atoms with E-state index in [9.17, 15) is 9.90 Å². The van der Waals surface area contributed by atoms with Crippen molar-refractivity contribution in [3.63, 3.8) is 0 Å². The second-order valence-electron chi connectivity index (χ2n) is 17.6. The fraction of sp³-hybridized carbons (Fsp3) is 0.737. The number of hydrogen-bond acceptors (Lipinski definition) is 9. The SMILES string of the molecule is C1CCOC1.CC(=O)C#C[Si](C)(C)C.CC(O)(C#C[Si](C)(C)C)c1cn(COCC[Si](C)(C)C)nn1.C[Si](C)(C)CCOCn1ccnn1.[CH2-]CCC.[Li+]. The number of aromatic nitrogens is 6. The van der Waals surface area contributed by atoms with E-state index in [1.54, 1.807) is 34.9 Å². The number of rotatable bonds is 12. The molecule has 1 fully saturated rings. The summed E-state index contributed by atoms with van der Waals surface area (Å²) in [5.41, 5.74) is 5.33. The van der Waals surface area contributed by atoms with Gasteiger partial charge in [0.15, 0.2) is 5.60 Å². The summed E-state index contributed by atoms with van der Waals surface area (Å²) in [6.07, 6.45) is 9.99. The number of Topliss-reactive ketones (excluding diaryl/α,β-unsaturated/α-hetero) is 1. The molecule has 3 heterocycles. The third kappa shape index (κ3) is 40.0. The maximum Gasteiger partial charge on any atom is 1.00 e. The molecule has 11 nitrogen and oxygen atoms in total. The van der Waals surface area contributed by atoms with Crippen LogP contribution in [0, 0.1) is 29.9 Å². The van der Waals surface area contributed by atoms with Crippen LogP contribution in [0.15, 0.2) is 18.6 Å². The number of unbranched alkanes of at least 4 members (excludes halogenated alkanes) is 1. The summed E-state index contributed by atoms with van der Waals surface area (Å²) < 4.78 is 19.3. The van der Waals surface area contributed by atoms with E-state index in [1.807, 2.05) is 0 Å². The summed E-state index contributed by atoms with van der Waals surface area (Å²) in [6, 6.07) is 2.32. The number of carbonyl (C=O) groups excluding carboxylic acids is 1. The third-order valence-electron chi connectivity index (χ3n) is 6.42. The van der Waals surface area contributed by atoms with Gasteiger partial charge in [-0.05, 0) is 37.8 Å². The molecule has 1 aliphatic rings. The van der Waals surface area contributed by atoms with Crippen molar-refractivity contribution in [1.29, 1.82) is 0 Å². The molecular weight excluding hydrogens is 740 g/mol. The van der Waals surface area contributed by atoms with E-state index in [0.29, 0.717) is 19.2 Å². The van der Waals surface area contributed by atoms with Crippen LogP contribution in [0.2, 0.25) is 90.7 Å². The van der Waals surface area contributed by atoms with E-state index >= 15 is 0 Å². The molecule has 0 radical (unpaired) electrons. The monoisotopic (exact) mass is 815 g/mol. The molecule has 2 aromatic rings. The van der Waals surface area contributed by atoms with Gasteiger partial charge in [0.1, 0.15) is 35.3 Å². The molecule has 2 aromatic heterocycles. The van der Waals surface area contributed by atoms with Crippen LogP contribution < -0.4 is 18.9 Å². The third-order valence-corrected chi connectivity index (χ3v) is 11.6. The van der Waals surface area contributed by atoms with Gasteiger partial charge < -0.3 is 26.2 Å². The predicted octanol–water partition coefficient (Wildman–Crippen LogP) is 5.15. The molecule has 1 N–H and O–H groups in total. The fourth-order valence-electron chi connectivity index (χ4n) is 3.12. The zero-order chi connectivity index (χ0) is 41.2. The summed E-state index contributed by atoms with van der Waals surface area (Å²) in [5.74, 6) is 5.46. The quantitative estimate of drug-likeness (QED) is 0.134. The van der Waals surface area contributed by atoms with Crippen molar-refractivity contribution in [2.75, 3.05) is 26.4 Å². The average Bonchev–Trinajstić information content (AvgIpc) is 3.84. The number of hydrogen-bond donors (Lipinski definition) is 1. The second-order valence-corrected chi connectivity index (χ2v) is 38.3. The Kier molecular flexibility index (Phi) is 31.1. The van der Waals surface area contributed by atoms with Gasteiger partial charge in [0, 0.05) is 55.7 Å². The van der Waals surface area contributed by atoms with Crippen molar-refractivity contribution >= 4 is 38.1 Å². The van der Waals surface area contributed by atoms with Crippen LogP contribution >= 0.6 is 0 Å². The Labute approximate surface area is 346 Å². The van der Waals surface area contributed by atoms with E-state index in [-0.39, 0.29) is 24.6 Å². The van der Waals surface area contributed by atoms with Crippen LogP contribution in [0.1, 0.15) is 52.1 Å². The van der Waals surface area contributed by atoms with Gasteiger partial charge in [0.25, 0.3) is 0 Å². The molecule has 0 saturated carbocycles. The second kappa shape index (κ2) is 29.6. The van der Waals surface area contributed by atoms with E-state index < -0.39 is 37.9 Å². The van der Waals surface area contributed by atoms with Crippen molar-refractivity contribution in [1.82, 2.24) is 30.0 Å². The smallest absolute Gasteiger partial charge is 0.381 e. The molecule has 1 saturated heterocycles. The molecule has 1 aliphatic heterocycles. The normalized spacial score (nSPS) is 13.4. The van der Waals surface area contributed by atoms with Crippen molar-refractivity contribution in [2.24, 2.45) is 0 Å². The average molecular weight is 815 g/mol. The van der Waals surface area contributed by atoms with Crippen LogP contribution in [-0.4, -0.2) is 99.6 Å². The van der Waals surface area contributed by atoms with Crippen molar-refractivity contribution in [3.8, 4) is 22.9 Å². The van der Waals surface area contributed by atoms with Crippen LogP contribution in [-0.2, 0) is 38.1 Å². The first kappa shape index (κ1) is 56.7. The number of ketones is 1. The first-order valence-corrected chi connectivity index (χ1v) is 33.3. The Bertz CT molecular complexity index is 1350.